The average molecular weight is 428 g/mol. The molecule has 0 radical (unpaired) electrons. The van der Waals surface area contributed by atoms with Crippen molar-refractivity contribution in [2.45, 2.75) is 33.1 Å². The predicted octanol–water partition coefficient (Wildman–Crippen LogP) is 5.20. The third kappa shape index (κ3) is 4.67. The molecule has 2 aromatic carbocycles. The summed E-state index contributed by atoms with van der Waals surface area (Å²) in [6, 6.07) is 18.8. The highest BCUT2D eigenvalue weighted by Crippen LogP contribution is 2.25. The first kappa shape index (κ1) is 21.2. The number of carbonyl (C=O) groups excluding carboxylic acids is 1. The summed E-state index contributed by atoms with van der Waals surface area (Å²) < 4.78 is 7.78. The second kappa shape index (κ2) is 9.43. The zero-order valence-electron chi connectivity index (χ0n) is 18.3. The Balaban J connectivity index is 1.44. The third-order valence-electron chi connectivity index (χ3n) is 5.40. The number of hydrogen-bond donors (Lipinski definition) is 1. The molecular weight excluding hydrogens is 402 g/mol. The van der Waals surface area contributed by atoms with E-state index >= 15 is 0 Å². The first-order valence-corrected chi connectivity index (χ1v) is 10.5. The van der Waals surface area contributed by atoms with Gasteiger partial charge in [-0.05, 0) is 50.1 Å². The Labute approximate surface area is 187 Å². The SMILES string of the molecule is CCC(C(=O)Nc1ccc(Oc2cc(-n3cnc(C)c3C)ncn2)cc1)c1ccccc1. The molecule has 7 nitrogen and oxygen atoms in total. The number of benzene rings is 2. The Morgan fingerprint density at radius 3 is 2.44 bits per heavy atom. The van der Waals surface area contributed by atoms with E-state index in [2.05, 4.69) is 20.3 Å². The quantitative estimate of drug-likeness (QED) is 0.438. The number of ether oxygens (including phenoxy) is 1. The molecule has 0 saturated heterocycles. The molecule has 0 aliphatic heterocycles. The van der Waals surface area contributed by atoms with E-state index in [1.54, 1.807) is 24.5 Å². The fourth-order valence-electron chi connectivity index (χ4n) is 3.46. The number of aromatic nitrogens is 4. The van der Waals surface area contributed by atoms with E-state index in [1.807, 2.05) is 67.8 Å². The summed E-state index contributed by atoms with van der Waals surface area (Å²) in [6.45, 7) is 5.95. The molecule has 4 rings (SSSR count). The average Bonchev–Trinajstić information content (AvgIpc) is 3.15. The van der Waals surface area contributed by atoms with Crippen molar-refractivity contribution in [1.29, 1.82) is 0 Å². The van der Waals surface area contributed by atoms with E-state index in [-0.39, 0.29) is 11.8 Å². The molecular formula is C25H25N5O2. The fourth-order valence-corrected chi connectivity index (χ4v) is 3.46. The highest BCUT2D eigenvalue weighted by molar-refractivity contribution is 5.95. The van der Waals surface area contributed by atoms with Crippen LogP contribution in [0.4, 0.5) is 5.69 Å². The number of nitrogens with zero attached hydrogens (tertiary/aromatic N) is 4. The van der Waals surface area contributed by atoms with Crippen LogP contribution in [0.1, 0.15) is 36.2 Å². The van der Waals surface area contributed by atoms with Crippen LogP contribution < -0.4 is 10.1 Å². The molecule has 0 spiro atoms. The Morgan fingerprint density at radius 2 is 1.78 bits per heavy atom. The molecule has 162 valence electrons. The van der Waals surface area contributed by atoms with Crippen molar-refractivity contribution in [2.24, 2.45) is 0 Å². The van der Waals surface area contributed by atoms with E-state index in [9.17, 15) is 4.79 Å². The molecule has 2 aromatic heterocycles. The zero-order valence-corrected chi connectivity index (χ0v) is 18.3. The van der Waals surface area contributed by atoms with E-state index in [4.69, 9.17) is 4.74 Å². The maximum absolute atomic E-state index is 12.8. The minimum atomic E-state index is -0.193. The number of rotatable bonds is 7. The van der Waals surface area contributed by atoms with Gasteiger partial charge in [-0.1, -0.05) is 37.3 Å². The fraction of sp³-hybridized carbons (Fsp3) is 0.200. The molecule has 7 heteroatoms. The van der Waals surface area contributed by atoms with Crippen LogP contribution in [-0.2, 0) is 4.79 Å². The van der Waals surface area contributed by atoms with Crippen LogP contribution >= 0.6 is 0 Å². The van der Waals surface area contributed by atoms with Crippen LogP contribution in [0.2, 0.25) is 0 Å². The Bertz CT molecular complexity index is 1200. The summed E-state index contributed by atoms with van der Waals surface area (Å²) in [5, 5.41) is 2.99. The summed E-state index contributed by atoms with van der Waals surface area (Å²) >= 11 is 0. The van der Waals surface area contributed by atoms with Gasteiger partial charge in [0.15, 0.2) is 0 Å². The van der Waals surface area contributed by atoms with Crippen LogP contribution in [0.15, 0.2) is 73.3 Å². The van der Waals surface area contributed by atoms with Crippen molar-refractivity contribution in [2.75, 3.05) is 5.32 Å². The number of imidazole rings is 1. The van der Waals surface area contributed by atoms with Gasteiger partial charge in [0.05, 0.1) is 11.6 Å². The highest BCUT2D eigenvalue weighted by Gasteiger charge is 2.18. The molecule has 0 aliphatic carbocycles. The van der Waals surface area contributed by atoms with Gasteiger partial charge >= 0.3 is 0 Å². The van der Waals surface area contributed by atoms with Gasteiger partial charge in [-0.15, -0.1) is 0 Å². The molecule has 4 aromatic rings. The lowest BCUT2D eigenvalue weighted by atomic mass is 9.95. The molecule has 0 aliphatic rings. The molecule has 0 fully saturated rings. The summed E-state index contributed by atoms with van der Waals surface area (Å²) in [5.41, 5.74) is 3.68. The molecule has 32 heavy (non-hydrogen) atoms. The Morgan fingerprint density at radius 1 is 1.03 bits per heavy atom. The minimum absolute atomic E-state index is 0.0289. The molecule has 0 saturated carbocycles. The van der Waals surface area contributed by atoms with Crippen molar-refractivity contribution in [1.82, 2.24) is 19.5 Å². The van der Waals surface area contributed by atoms with Gasteiger partial charge in [-0.2, -0.15) is 0 Å². The van der Waals surface area contributed by atoms with Crippen molar-refractivity contribution in [3.63, 3.8) is 0 Å². The number of carbonyl (C=O) groups is 1. The van der Waals surface area contributed by atoms with Crippen LogP contribution in [0, 0.1) is 13.8 Å². The minimum Gasteiger partial charge on any atom is -0.439 e. The predicted molar refractivity (Wildman–Crippen MR) is 123 cm³/mol. The summed E-state index contributed by atoms with van der Waals surface area (Å²) in [5.74, 6) is 1.50. The van der Waals surface area contributed by atoms with Gasteiger partial charge in [0, 0.05) is 17.4 Å². The van der Waals surface area contributed by atoms with Crippen molar-refractivity contribution in [3.8, 4) is 17.4 Å². The number of aryl methyl sites for hydroxylation is 1. The molecule has 0 bridgehead atoms. The van der Waals surface area contributed by atoms with Gasteiger partial charge in [-0.25, -0.2) is 15.0 Å². The van der Waals surface area contributed by atoms with Gasteiger partial charge in [0.25, 0.3) is 0 Å². The van der Waals surface area contributed by atoms with Crippen LogP contribution in [0.25, 0.3) is 5.82 Å². The van der Waals surface area contributed by atoms with Gasteiger partial charge in [-0.3, -0.25) is 9.36 Å². The number of nitrogens with one attached hydrogen (secondary N) is 1. The maximum Gasteiger partial charge on any atom is 0.231 e. The van der Waals surface area contributed by atoms with Crippen LogP contribution in [0.5, 0.6) is 11.6 Å². The highest BCUT2D eigenvalue weighted by atomic mass is 16.5. The van der Waals surface area contributed by atoms with Gasteiger partial charge in [0.2, 0.25) is 11.8 Å². The second-order valence-corrected chi connectivity index (χ2v) is 7.49. The zero-order chi connectivity index (χ0) is 22.5. The van der Waals surface area contributed by atoms with E-state index < -0.39 is 0 Å². The van der Waals surface area contributed by atoms with Crippen molar-refractivity contribution < 1.29 is 9.53 Å². The molecule has 1 unspecified atom stereocenters. The third-order valence-corrected chi connectivity index (χ3v) is 5.40. The van der Waals surface area contributed by atoms with E-state index in [1.165, 1.54) is 6.33 Å². The normalized spacial score (nSPS) is 11.7. The number of anilines is 1. The summed E-state index contributed by atoms with van der Waals surface area (Å²) in [7, 11) is 0. The molecule has 1 atom stereocenters. The molecule has 2 heterocycles. The van der Waals surface area contributed by atoms with Gasteiger partial charge < -0.3 is 10.1 Å². The largest absolute Gasteiger partial charge is 0.439 e. The lowest BCUT2D eigenvalue weighted by Gasteiger charge is -2.15. The Kier molecular flexibility index (Phi) is 6.26. The maximum atomic E-state index is 12.8. The van der Waals surface area contributed by atoms with Crippen LogP contribution in [-0.4, -0.2) is 25.4 Å². The molecule has 1 N–H and O–H groups in total. The topological polar surface area (TPSA) is 81.9 Å². The number of amides is 1. The van der Waals surface area contributed by atoms with E-state index in [0.29, 0.717) is 23.1 Å². The standard InChI is InChI=1S/C25H25N5O2/c1-4-22(19-8-6-5-7-9-19)25(31)29-20-10-12-21(13-11-20)32-24-14-23(26-15-27-24)30-16-28-17(2)18(30)3/h5-16,22H,4H2,1-3H3,(H,29,31). The molecule has 1 amide bonds. The summed E-state index contributed by atoms with van der Waals surface area (Å²) in [6.07, 6.45) is 3.92. The number of hydrogen-bond acceptors (Lipinski definition) is 5. The first-order chi connectivity index (χ1) is 15.5. The second-order valence-electron chi connectivity index (χ2n) is 7.49. The lowest BCUT2D eigenvalue weighted by molar-refractivity contribution is -0.117. The van der Waals surface area contributed by atoms with Gasteiger partial charge in [0.1, 0.15) is 24.2 Å². The smallest absolute Gasteiger partial charge is 0.231 e. The van der Waals surface area contributed by atoms with Crippen LogP contribution in [0.3, 0.4) is 0 Å². The first-order valence-electron chi connectivity index (χ1n) is 10.5. The van der Waals surface area contributed by atoms with Crippen molar-refractivity contribution >= 4 is 11.6 Å². The lowest BCUT2D eigenvalue weighted by Crippen LogP contribution is -2.20. The monoisotopic (exact) mass is 427 g/mol. The Hall–Kier alpha value is -4.00. The van der Waals surface area contributed by atoms with Crippen molar-refractivity contribution in [3.05, 3.63) is 90.3 Å². The summed E-state index contributed by atoms with van der Waals surface area (Å²) in [4.78, 5) is 25.6. The van der Waals surface area contributed by atoms with E-state index in [0.717, 1.165) is 23.4 Å².